The van der Waals surface area contributed by atoms with Gasteiger partial charge in [-0.05, 0) is 18.6 Å². The highest BCUT2D eigenvalue weighted by molar-refractivity contribution is 5.99. The lowest BCUT2D eigenvalue weighted by Crippen LogP contribution is -2.24. The number of rotatable bonds is 6. The lowest BCUT2D eigenvalue weighted by molar-refractivity contribution is 0.0951. The molecule has 0 spiro atoms. The highest BCUT2D eigenvalue weighted by Crippen LogP contribution is 2.13. The lowest BCUT2D eigenvalue weighted by Gasteiger charge is -2.10. The third-order valence-corrected chi connectivity index (χ3v) is 2.66. The van der Waals surface area contributed by atoms with E-state index in [1.165, 1.54) is 0 Å². The van der Waals surface area contributed by atoms with Crippen LogP contribution in [0, 0.1) is 0 Å². The second-order valence-corrected chi connectivity index (χ2v) is 4.16. The van der Waals surface area contributed by atoms with Crippen LogP contribution in [0.15, 0.2) is 41.5 Å². The number of nitrogens with one attached hydrogen (secondary N) is 2. The van der Waals surface area contributed by atoms with Crippen LogP contribution in [0.4, 0.5) is 5.69 Å². The van der Waals surface area contributed by atoms with E-state index in [9.17, 15) is 4.79 Å². The minimum absolute atomic E-state index is 0.123. The predicted molar refractivity (Wildman–Crippen MR) is 72.9 cm³/mol. The van der Waals surface area contributed by atoms with Crippen molar-refractivity contribution in [3.63, 3.8) is 0 Å². The summed E-state index contributed by atoms with van der Waals surface area (Å²) in [5, 5.41) is 6.05. The van der Waals surface area contributed by atoms with E-state index in [0.29, 0.717) is 12.1 Å². The largest absolute Gasteiger partial charge is 0.472 e. The standard InChI is InChI=1S/C14H17N3O2/c1-2-5-16-13-9-15-6-3-12(13)14(18)17-8-11-4-7-19-10-11/h3-4,6-7,9-10,16H,2,5,8H2,1H3,(H,17,18). The average Bonchev–Trinajstić information content (AvgIpc) is 2.96. The molecule has 0 saturated heterocycles. The van der Waals surface area contributed by atoms with Crippen LogP contribution in [-0.4, -0.2) is 17.4 Å². The van der Waals surface area contributed by atoms with Gasteiger partial charge >= 0.3 is 0 Å². The van der Waals surface area contributed by atoms with Crippen LogP contribution in [-0.2, 0) is 6.54 Å². The number of nitrogens with zero attached hydrogens (tertiary/aromatic N) is 1. The van der Waals surface area contributed by atoms with E-state index in [0.717, 1.165) is 24.2 Å². The third kappa shape index (κ3) is 3.58. The molecule has 0 aliphatic carbocycles. The Kier molecular flexibility index (Phi) is 4.55. The molecule has 0 bridgehead atoms. The van der Waals surface area contributed by atoms with Crippen LogP contribution >= 0.6 is 0 Å². The van der Waals surface area contributed by atoms with Crippen LogP contribution in [0.3, 0.4) is 0 Å². The molecule has 2 aromatic rings. The van der Waals surface area contributed by atoms with E-state index in [2.05, 4.69) is 22.5 Å². The van der Waals surface area contributed by atoms with Crippen molar-refractivity contribution in [3.05, 3.63) is 48.2 Å². The van der Waals surface area contributed by atoms with Gasteiger partial charge in [-0.2, -0.15) is 0 Å². The Balaban J connectivity index is 2.01. The molecular formula is C14H17N3O2. The minimum Gasteiger partial charge on any atom is -0.472 e. The molecule has 0 aliphatic heterocycles. The zero-order valence-corrected chi connectivity index (χ0v) is 10.8. The molecule has 0 atom stereocenters. The molecule has 2 heterocycles. The topological polar surface area (TPSA) is 67.2 Å². The predicted octanol–water partition coefficient (Wildman–Crippen LogP) is 2.43. The van der Waals surface area contributed by atoms with Gasteiger partial charge in [0.05, 0.1) is 30.0 Å². The van der Waals surface area contributed by atoms with E-state index in [4.69, 9.17) is 4.42 Å². The number of anilines is 1. The first kappa shape index (κ1) is 13.1. The molecule has 19 heavy (non-hydrogen) atoms. The normalized spacial score (nSPS) is 10.2. The first-order valence-corrected chi connectivity index (χ1v) is 6.28. The molecule has 2 N–H and O–H groups in total. The van der Waals surface area contributed by atoms with Crippen molar-refractivity contribution >= 4 is 11.6 Å². The molecule has 0 aromatic carbocycles. The van der Waals surface area contributed by atoms with E-state index in [1.54, 1.807) is 31.0 Å². The average molecular weight is 259 g/mol. The first-order chi connectivity index (χ1) is 9.31. The first-order valence-electron chi connectivity index (χ1n) is 6.28. The van der Waals surface area contributed by atoms with Gasteiger partial charge in [0.25, 0.3) is 5.91 Å². The molecule has 1 amide bonds. The molecule has 5 nitrogen and oxygen atoms in total. The summed E-state index contributed by atoms with van der Waals surface area (Å²) in [7, 11) is 0. The van der Waals surface area contributed by atoms with Gasteiger partial charge < -0.3 is 15.1 Å². The van der Waals surface area contributed by atoms with Crippen molar-refractivity contribution in [1.82, 2.24) is 10.3 Å². The van der Waals surface area contributed by atoms with Gasteiger partial charge in [-0.3, -0.25) is 9.78 Å². The van der Waals surface area contributed by atoms with Crippen molar-refractivity contribution in [2.75, 3.05) is 11.9 Å². The number of aromatic nitrogens is 1. The van der Waals surface area contributed by atoms with E-state index in [1.807, 2.05) is 6.07 Å². The summed E-state index contributed by atoms with van der Waals surface area (Å²) in [6.07, 6.45) is 7.47. The Hall–Kier alpha value is -2.30. The zero-order valence-electron chi connectivity index (χ0n) is 10.8. The Morgan fingerprint density at radius 1 is 1.42 bits per heavy atom. The molecule has 0 fully saturated rings. The second-order valence-electron chi connectivity index (χ2n) is 4.16. The zero-order chi connectivity index (χ0) is 13.5. The molecule has 5 heteroatoms. The molecule has 0 saturated carbocycles. The fourth-order valence-electron chi connectivity index (χ4n) is 1.66. The van der Waals surface area contributed by atoms with Crippen LogP contribution in [0.1, 0.15) is 29.3 Å². The van der Waals surface area contributed by atoms with E-state index in [-0.39, 0.29) is 5.91 Å². The van der Waals surface area contributed by atoms with Crippen molar-refractivity contribution in [3.8, 4) is 0 Å². The Bertz CT molecular complexity index is 523. The van der Waals surface area contributed by atoms with Crippen molar-refractivity contribution in [1.29, 1.82) is 0 Å². The fraction of sp³-hybridized carbons (Fsp3) is 0.286. The summed E-state index contributed by atoms with van der Waals surface area (Å²) < 4.78 is 4.96. The highest BCUT2D eigenvalue weighted by Gasteiger charge is 2.10. The molecule has 2 aromatic heterocycles. The number of hydrogen-bond donors (Lipinski definition) is 2. The summed E-state index contributed by atoms with van der Waals surface area (Å²) in [5.74, 6) is -0.123. The van der Waals surface area contributed by atoms with Crippen LogP contribution in [0.25, 0.3) is 0 Å². The summed E-state index contributed by atoms with van der Waals surface area (Å²) >= 11 is 0. The highest BCUT2D eigenvalue weighted by atomic mass is 16.3. The Labute approximate surface area is 112 Å². The maximum atomic E-state index is 12.1. The minimum atomic E-state index is -0.123. The molecular weight excluding hydrogens is 242 g/mol. The van der Waals surface area contributed by atoms with Crippen LogP contribution in [0.5, 0.6) is 0 Å². The number of carbonyl (C=O) groups excluding carboxylic acids is 1. The van der Waals surface area contributed by atoms with Gasteiger partial charge in [0.2, 0.25) is 0 Å². The number of amides is 1. The monoisotopic (exact) mass is 259 g/mol. The number of pyridine rings is 1. The smallest absolute Gasteiger partial charge is 0.253 e. The molecule has 100 valence electrons. The van der Waals surface area contributed by atoms with Gasteiger partial charge in [-0.15, -0.1) is 0 Å². The Morgan fingerprint density at radius 3 is 3.05 bits per heavy atom. The lowest BCUT2D eigenvalue weighted by atomic mass is 10.2. The van der Waals surface area contributed by atoms with Crippen LogP contribution < -0.4 is 10.6 Å². The molecule has 0 unspecified atom stereocenters. The van der Waals surface area contributed by atoms with Gasteiger partial charge in [0, 0.05) is 24.8 Å². The van der Waals surface area contributed by atoms with Gasteiger partial charge in [-0.1, -0.05) is 6.92 Å². The van der Waals surface area contributed by atoms with Crippen molar-refractivity contribution in [2.45, 2.75) is 19.9 Å². The molecule has 2 rings (SSSR count). The molecule has 0 radical (unpaired) electrons. The van der Waals surface area contributed by atoms with Crippen molar-refractivity contribution < 1.29 is 9.21 Å². The summed E-state index contributed by atoms with van der Waals surface area (Å²) in [6.45, 7) is 3.33. The van der Waals surface area contributed by atoms with Gasteiger partial charge in [0.1, 0.15) is 0 Å². The van der Waals surface area contributed by atoms with Gasteiger partial charge in [-0.25, -0.2) is 0 Å². The summed E-state index contributed by atoms with van der Waals surface area (Å²) in [6, 6.07) is 3.53. The quantitative estimate of drug-likeness (QED) is 0.836. The van der Waals surface area contributed by atoms with Gasteiger partial charge in [0.15, 0.2) is 0 Å². The summed E-state index contributed by atoms with van der Waals surface area (Å²) in [4.78, 5) is 16.1. The molecule has 0 aliphatic rings. The van der Waals surface area contributed by atoms with Crippen LogP contribution in [0.2, 0.25) is 0 Å². The van der Waals surface area contributed by atoms with E-state index >= 15 is 0 Å². The SMILES string of the molecule is CCCNc1cnccc1C(=O)NCc1ccoc1. The van der Waals surface area contributed by atoms with Crippen molar-refractivity contribution in [2.24, 2.45) is 0 Å². The Morgan fingerprint density at radius 2 is 2.32 bits per heavy atom. The number of hydrogen-bond acceptors (Lipinski definition) is 4. The number of furan rings is 1. The maximum absolute atomic E-state index is 12.1. The number of carbonyl (C=O) groups is 1. The van der Waals surface area contributed by atoms with E-state index < -0.39 is 0 Å². The third-order valence-electron chi connectivity index (χ3n) is 2.66. The summed E-state index contributed by atoms with van der Waals surface area (Å²) in [5.41, 5.74) is 2.30. The second kappa shape index (κ2) is 6.58. The fourth-order valence-corrected chi connectivity index (χ4v) is 1.66. The maximum Gasteiger partial charge on any atom is 0.253 e.